The minimum atomic E-state index is 0.120. The molecular weight excluding hydrogens is 250 g/mol. The Balaban J connectivity index is 2.00. The van der Waals surface area contributed by atoms with Gasteiger partial charge in [-0.1, -0.05) is 12.1 Å². The smallest absolute Gasteiger partial charge is 0.246 e. The van der Waals surface area contributed by atoms with Crippen LogP contribution >= 0.6 is 0 Å². The normalized spacial score (nSPS) is 15.8. The maximum atomic E-state index is 11.8. The van der Waals surface area contributed by atoms with Crippen LogP contribution < -0.4 is 9.80 Å². The zero-order valence-corrected chi connectivity index (χ0v) is 12.5. The molecule has 0 radical (unpaired) electrons. The Bertz CT molecular complexity index is 488. The van der Waals surface area contributed by atoms with Gasteiger partial charge >= 0.3 is 0 Å². The lowest BCUT2D eigenvalue weighted by Gasteiger charge is -2.36. The van der Waals surface area contributed by atoms with Crippen LogP contribution in [0, 0.1) is 0 Å². The van der Waals surface area contributed by atoms with Crippen molar-refractivity contribution in [1.29, 1.82) is 0 Å². The van der Waals surface area contributed by atoms with Gasteiger partial charge in [-0.15, -0.1) is 0 Å². The van der Waals surface area contributed by atoms with Crippen LogP contribution in [0.1, 0.15) is 6.92 Å². The van der Waals surface area contributed by atoms with Gasteiger partial charge in [0.15, 0.2) is 0 Å². The maximum absolute atomic E-state index is 11.8. The van der Waals surface area contributed by atoms with Crippen molar-refractivity contribution in [1.82, 2.24) is 4.90 Å². The van der Waals surface area contributed by atoms with Crippen molar-refractivity contribution in [3.05, 3.63) is 36.4 Å². The molecule has 2 rings (SSSR count). The molecular formula is C16H23N3O. The second kappa shape index (κ2) is 6.46. The van der Waals surface area contributed by atoms with Gasteiger partial charge in [0, 0.05) is 51.6 Å². The Labute approximate surface area is 121 Å². The van der Waals surface area contributed by atoms with Crippen LogP contribution in [-0.2, 0) is 4.79 Å². The molecule has 0 unspecified atom stereocenters. The molecule has 1 fully saturated rings. The third-order valence-corrected chi connectivity index (χ3v) is 3.61. The number of benzene rings is 1. The summed E-state index contributed by atoms with van der Waals surface area (Å²) in [6, 6.07) is 8.52. The monoisotopic (exact) mass is 273 g/mol. The first-order valence-corrected chi connectivity index (χ1v) is 7.06. The summed E-state index contributed by atoms with van der Waals surface area (Å²) in [6.07, 6.45) is 3.44. The van der Waals surface area contributed by atoms with E-state index < -0.39 is 0 Å². The molecule has 0 bridgehead atoms. The fourth-order valence-electron chi connectivity index (χ4n) is 2.40. The summed E-state index contributed by atoms with van der Waals surface area (Å²) in [5.74, 6) is 0.120. The van der Waals surface area contributed by atoms with Crippen LogP contribution in [0.5, 0.6) is 0 Å². The van der Waals surface area contributed by atoms with Gasteiger partial charge in [0.1, 0.15) is 0 Å². The van der Waals surface area contributed by atoms with Crippen molar-refractivity contribution in [3.63, 3.8) is 0 Å². The predicted molar refractivity (Wildman–Crippen MR) is 84.4 cm³/mol. The number of carbonyl (C=O) groups excluding carboxylic acids is 1. The highest BCUT2D eigenvalue weighted by atomic mass is 16.2. The number of hydrogen-bond donors (Lipinski definition) is 0. The van der Waals surface area contributed by atoms with Crippen molar-refractivity contribution in [2.45, 2.75) is 6.92 Å². The first-order valence-electron chi connectivity index (χ1n) is 7.06. The fourth-order valence-corrected chi connectivity index (χ4v) is 2.40. The van der Waals surface area contributed by atoms with Crippen LogP contribution in [0.2, 0.25) is 0 Å². The minimum absolute atomic E-state index is 0.120. The average Bonchev–Trinajstić information content (AvgIpc) is 2.48. The van der Waals surface area contributed by atoms with Gasteiger partial charge in [0.25, 0.3) is 0 Å². The fraction of sp³-hybridized carbons (Fsp3) is 0.438. The van der Waals surface area contributed by atoms with Crippen LogP contribution in [-0.4, -0.2) is 51.1 Å². The lowest BCUT2D eigenvalue weighted by atomic mass is 10.2. The van der Waals surface area contributed by atoms with E-state index in [0.29, 0.717) is 0 Å². The molecule has 1 saturated heterocycles. The molecule has 0 N–H and O–H groups in total. The van der Waals surface area contributed by atoms with Crippen LogP contribution in [0.4, 0.5) is 11.4 Å². The van der Waals surface area contributed by atoms with Gasteiger partial charge in [0.05, 0.1) is 0 Å². The number of piperazine rings is 1. The summed E-state index contributed by atoms with van der Waals surface area (Å²) >= 11 is 0. The topological polar surface area (TPSA) is 26.8 Å². The summed E-state index contributed by atoms with van der Waals surface area (Å²) in [5, 5.41) is 0. The van der Waals surface area contributed by atoms with Crippen LogP contribution in [0.25, 0.3) is 0 Å². The van der Waals surface area contributed by atoms with Crippen molar-refractivity contribution in [2.24, 2.45) is 0 Å². The molecule has 108 valence electrons. The molecule has 1 amide bonds. The van der Waals surface area contributed by atoms with Gasteiger partial charge in [-0.25, -0.2) is 0 Å². The first-order chi connectivity index (χ1) is 9.61. The molecule has 4 heteroatoms. The molecule has 20 heavy (non-hydrogen) atoms. The summed E-state index contributed by atoms with van der Waals surface area (Å²) in [7, 11) is 4.10. The molecule has 1 aromatic rings. The number of hydrogen-bond acceptors (Lipinski definition) is 3. The van der Waals surface area contributed by atoms with Gasteiger partial charge in [-0.3, -0.25) is 4.79 Å². The Hall–Kier alpha value is -1.97. The van der Waals surface area contributed by atoms with E-state index in [1.165, 1.54) is 11.4 Å². The number of nitrogens with zero attached hydrogens (tertiary/aromatic N) is 3. The Morgan fingerprint density at radius 2 is 1.90 bits per heavy atom. The van der Waals surface area contributed by atoms with E-state index >= 15 is 0 Å². The first kappa shape index (κ1) is 14.4. The third kappa shape index (κ3) is 3.32. The number of anilines is 2. The summed E-state index contributed by atoms with van der Waals surface area (Å²) in [4.78, 5) is 18.2. The largest absolute Gasteiger partial charge is 0.378 e. The SMILES string of the molecule is C/C=C/C(=O)N1CCN(c2cccc(N(C)C)c2)CC1. The molecule has 0 spiro atoms. The molecule has 0 aromatic heterocycles. The molecule has 1 aliphatic rings. The van der Waals surface area contributed by atoms with Crippen LogP contribution in [0.3, 0.4) is 0 Å². The van der Waals surface area contributed by atoms with E-state index in [9.17, 15) is 4.79 Å². The van der Waals surface area contributed by atoms with E-state index in [1.54, 1.807) is 12.2 Å². The van der Waals surface area contributed by atoms with Gasteiger partial charge < -0.3 is 14.7 Å². The second-order valence-electron chi connectivity index (χ2n) is 5.23. The Kier molecular flexibility index (Phi) is 4.66. The molecule has 1 heterocycles. The third-order valence-electron chi connectivity index (χ3n) is 3.61. The molecule has 1 aliphatic heterocycles. The molecule has 4 nitrogen and oxygen atoms in total. The number of rotatable bonds is 3. The van der Waals surface area contributed by atoms with Gasteiger partial charge in [0.2, 0.25) is 5.91 Å². The second-order valence-corrected chi connectivity index (χ2v) is 5.23. The highest BCUT2D eigenvalue weighted by Crippen LogP contribution is 2.22. The zero-order chi connectivity index (χ0) is 14.5. The molecule has 0 aliphatic carbocycles. The van der Waals surface area contributed by atoms with Crippen LogP contribution in [0.15, 0.2) is 36.4 Å². The van der Waals surface area contributed by atoms with E-state index in [-0.39, 0.29) is 5.91 Å². The Morgan fingerprint density at radius 1 is 1.20 bits per heavy atom. The minimum Gasteiger partial charge on any atom is -0.378 e. The lowest BCUT2D eigenvalue weighted by Crippen LogP contribution is -2.48. The van der Waals surface area contributed by atoms with E-state index in [0.717, 1.165) is 26.2 Å². The number of allylic oxidation sites excluding steroid dienone is 1. The Morgan fingerprint density at radius 3 is 2.50 bits per heavy atom. The van der Waals surface area contributed by atoms with Crippen molar-refractivity contribution >= 4 is 17.3 Å². The quantitative estimate of drug-likeness (QED) is 0.788. The molecule has 0 saturated carbocycles. The van der Waals surface area contributed by atoms with E-state index in [2.05, 4.69) is 34.1 Å². The van der Waals surface area contributed by atoms with E-state index in [4.69, 9.17) is 0 Å². The predicted octanol–water partition coefficient (Wildman–Crippen LogP) is 1.98. The standard InChI is InChI=1S/C16H23N3O/c1-4-6-16(20)19-11-9-18(10-12-19)15-8-5-7-14(13-15)17(2)3/h4-8,13H,9-12H2,1-3H3/b6-4+. The van der Waals surface area contributed by atoms with Crippen molar-refractivity contribution in [3.8, 4) is 0 Å². The summed E-state index contributed by atoms with van der Waals surface area (Å²) in [5.41, 5.74) is 2.43. The average molecular weight is 273 g/mol. The van der Waals surface area contributed by atoms with Crippen molar-refractivity contribution < 1.29 is 4.79 Å². The molecule has 0 atom stereocenters. The van der Waals surface area contributed by atoms with Gasteiger partial charge in [-0.2, -0.15) is 0 Å². The summed E-state index contributed by atoms with van der Waals surface area (Å²) in [6.45, 7) is 5.23. The maximum Gasteiger partial charge on any atom is 0.246 e. The highest BCUT2D eigenvalue weighted by molar-refractivity contribution is 5.87. The summed E-state index contributed by atoms with van der Waals surface area (Å²) < 4.78 is 0. The highest BCUT2D eigenvalue weighted by Gasteiger charge is 2.19. The van der Waals surface area contributed by atoms with Gasteiger partial charge in [-0.05, 0) is 31.2 Å². The van der Waals surface area contributed by atoms with Crippen molar-refractivity contribution in [2.75, 3.05) is 50.1 Å². The number of carbonyl (C=O) groups is 1. The zero-order valence-electron chi connectivity index (χ0n) is 12.5. The van der Waals surface area contributed by atoms with E-state index in [1.807, 2.05) is 25.9 Å². The number of amides is 1. The molecule has 1 aromatic carbocycles. The lowest BCUT2D eigenvalue weighted by molar-refractivity contribution is -0.126.